The van der Waals surface area contributed by atoms with Crippen LogP contribution in [0.1, 0.15) is 33.2 Å². The summed E-state index contributed by atoms with van der Waals surface area (Å²) >= 11 is 0. The highest BCUT2D eigenvalue weighted by atomic mass is 16.6. The molecule has 0 atom stereocenters. The summed E-state index contributed by atoms with van der Waals surface area (Å²) in [6.07, 6.45) is 1.45. The number of carbonyl (C=O) groups is 2. The van der Waals surface area contributed by atoms with Crippen LogP contribution in [0.15, 0.2) is 77.9 Å². The summed E-state index contributed by atoms with van der Waals surface area (Å²) in [7, 11) is 0. The fourth-order valence-electron chi connectivity index (χ4n) is 2.53. The van der Waals surface area contributed by atoms with E-state index in [1.54, 1.807) is 42.5 Å². The van der Waals surface area contributed by atoms with Crippen LogP contribution in [0.25, 0.3) is 0 Å². The van der Waals surface area contributed by atoms with Crippen LogP contribution in [-0.4, -0.2) is 29.8 Å². The number of ether oxygens (including phenoxy) is 2. The van der Waals surface area contributed by atoms with Crippen molar-refractivity contribution in [3.8, 4) is 17.2 Å². The van der Waals surface area contributed by atoms with Crippen LogP contribution < -0.4 is 14.9 Å². The van der Waals surface area contributed by atoms with Gasteiger partial charge in [0.15, 0.2) is 11.5 Å². The van der Waals surface area contributed by atoms with E-state index in [2.05, 4.69) is 10.5 Å². The third kappa shape index (κ3) is 5.45. The molecular weight excluding hydrogens is 384 g/mol. The molecule has 152 valence electrons. The topological polar surface area (TPSA) is 97.2 Å². The van der Waals surface area contributed by atoms with Gasteiger partial charge in [-0.3, -0.25) is 4.79 Å². The minimum atomic E-state index is -0.487. The van der Waals surface area contributed by atoms with Crippen LogP contribution in [-0.2, 0) is 0 Å². The number of nitrogens with one attached hydrogen (secondary N) is 1. The summed E-state index contributed by atoms with van der Waals surface area (Å²) in [5.41, 5.74) is 3.85. The first kappa shape index (κ1) is 20.6. The molecular formula is C23H20N2O5. The number of hydrazone groups is 1. The van der Waals surface area contributed by atoms with Crippen molar-refractivity contribution in [2.45, 2.75) is 6.92 Å². The third-order valence-electron chi connectivity index (χ3n) is 3.99. The van der Waals surface area contributed by atoms with Crippen LogP contribution >= 0.6 is 0 Å². The highest BCUT2D eigenvalue weighted by molar-refractivity contribution is 5.95. The first-order chi connectivity index (χ1) is 14.6. The lowest BCUT2D eigenvalue weighted by Gasteiger charge is -2.11. The molecule has 0 fully saturated rings. The highest BCUT2D eigenvalue weighted by Gasteiger charge is 2.13. The van der Waals surface area contributed by atoms with E-state index in [1.807, 2.05) is 13.0 Å². The second-order valence-corrected chi connectivity index (χ2v) is 6.14. The average Bonchev–Trinajstić information content (AvgIpc) is 2.76. The van der Waals surface area contributed by atoms with Crippen molar-refractivity contribution in [1.29, 1.82) is 0 Å². The molecule has 0 bridgehead atoms. The number of rotatable bonds is 7. The quantitative estimate of drug-likeness (QED) is 0.270. The lowest BCUT2D eigenvalue weighted by molar-refractivity contribution is 0.0728. The fourth-order valence-corrected chi connectivity index (χ4v) is 2.53. The van der Waals surface area contributed by atoms with E-state index in [4.69, 9.17) is 9.47 Å². The molecule has 0 aromatic heterocycles. The average molecular weight is 404 g/mol. The smallest absolute Gasteiger partial charge is 0.343 e. The van der Waals surface area contributed by atoms with Gasteiger partial charge in [-0.15, -0.1) is 0 Å². The predicted octanol–water partition coefficient (Wildman–Crippen LogP) is 3.77. The van der Waals surface area contributed by atoms with E-state index >= 15 is 0 Å². The summed E-state index contributed by atoms with van der Waals surface area (Å²) in [5, 5.41) is 13.2. The standard InChI is InChI=1S/C23H20N2O5/c1-2-29-21-14-16(15-24-25-22(27)17-9-11-19(26)12-10-17)8-13-20(21)30-23(28)18-6-4-3-5-7-18/h3-15,26H,2H2,1H3,(H,25,27)/b24-15-. The molecule has 0 aliphatic rings. The second-order valence-electron chi connectivity index (χ2n) is 6.14. The Bertz CT molecular complexity index is 1050. The molecule has 2 N–H and O–H groups in total. The molecule has 3 aromatic rings. The van der Waals surface area contributed by atoms with Gasteiger partial charge in [0, 0.05) is 5.56 Å². The van der Waals surface area contributed by atoms with Crippen molar-refractivity contribution >= 4 is 18.1 Å². The first-order valence-electron chi connectivity index (χ1n) is 9.23. The molecule has 3 rings (SSSR count). The van der Waals surface area contributed by atoms with Gasteiger partial charge in [-0.2, -0.15) is 5.10 Å². The molecule has 0 spiro atoms. The van der Waals surface area contributed by atoms with Gasteiger partial charge in [0.05, 0.1) is 18.4 Å². The molecule has 0 unspecified atom stereocenters. The van der Waals surface area contributed by atoms with Crippen LogP contribution in [0.2, 0.25) is 0 Å². The predicted molar refractivity (Wildman–Crippen MR) is 112 cm³/mol. The molecule has 0 heterocycles. The van der Waals surface area contributed by atoms with Gasteiger partial charge in [-0.25, -0.2) is 10.2 Å². The van der Waals surface area contributed by atoms with Gasteiger partial charge < -0.3 is 14.6 Å². The number of hydrogen-bond donors (Lipinski definition) is 2. The molecule has 7 heteroatoms. The van der Waals surface area contributed by atoms with Gasteiger partial charge in [0.1, 0.15) is 5.75 Å². The summed E-state index contributed by atoms with van der Waals surface area (Å²) in [4.78, 5) is 24.3. The van der Waals surface area contributed by atoms with Crippen LogP contribution in [0, 0.1) is 0 Å². The van der Waals surface area contributed by atoms with Gasteiger partial charge in [-0.1, -0.05) is 18.2 Å². The SMILES string of the molecule is CCOc1cc(/C=N\NC(=O)c2ccc(O)cc2)ccc1OC(=O)c1ccccc1. The number of phenolic OH excluding ortho intramolecular Hbond substituents is 1. The molecule has 30 heavy (non-hydrogen) atoms. The van der Waals surface area contributed by atoms with Crippen molar-refractivity contribution < 1.29 is 24.2 Å². The van der Waals surface area contributed by atoms with E-state index in [0.717, 1.165) is 0 Å². The number of hydrogen-bond acceptors (Lipinski definition) is 6. The Hall–Kier alpha value is -4.13. The minimum absolute atomic E-state index is 0.0755. The number of amides is 1. The molecule has 0 aliphatic carbocycles. The van der Waals surface area contributed by atoms with Crippen molar-refractivity contribution in [3.63, 3.8) is 0 Å². The lowest BCUT2D eigenvalue weighted by Crippen LogP contribution is -2.17. The summed E-state index contributed by atoms with van der Waals surface area (Å²) < 4.78 is 11.0. The maximum absolute atomic E-state index is 12.3. The fraction of sp³-hybridized carbons (Fsp3) is 0.0870. The normalized spacial score (nSPS) is 10.6. The maximum atomic E-state index is 12.3. The number of phenols is 1. The van der Waals surface area contributed by atoms with E-state index in [1.165, 1.54) is 30.5 Å². The maximum Gasteiger partial charge on any atom is 0.343 e. The molecule has 0 aliphatic heterocycles. The largest absolute Gasteiger partial charge is 0.508 e. The zero-order chi connectivity index (χ0) is 21.3. The lowest BCUT2D eigenvalue weighted by atomic mass is 10.2. The second kappa shape index (κ2) is 9.88. The van der Waals surface area contributed by atoms with Gasteiger partial charge in [0.2, 0.25) is 0 Å². The number of esters is 1. The summed E-state index contributed by atoms with van der Waals surface area (Å²) in [6.45, 7) is 2.20. The van der Waals surface area contributed by atoms with Crippen LogP contribution in [0.5, 0.6) is 17.2 Å². The first-order valence-corrected chi connectivity index (χ1v) is 9.23. The number of aromatic hydroxyl groups is 1. The van der Waals surface area contributed by atoms with Crippen LogP contribution in [0.4, 0.5) is 0 Å². The van der Waals surface area contributed by atoms with E-state index in [0.29, 0.717) is 29.0 Å². The Kier molecular flexibility index (Phi) is 6.78. The Balaban J connectivity index is 1.69. The Morgan fingerprint density at radius 2 is 1.70 bits per heavy atom. The van der Waals surface area contributed by atoms with E-state index < -0.39 is 11.9 Å². The Morgan fingerprint density at radius 1 is 0.967 bits per heavy atom. The molecule has 0 radical (unpaired) electrons. The Labute approximate surface area is 173 Å². The van der Waals surface area contributed by atoms with E-state index in [9.17, 15) is 14.7 Å². The minimum Gasteiger partial charge on any atom is -0.508 e. The zero-order valence-electron chi connectivity index (χ0n) is 16.2. The van der Waals surface area contributed by atoms with Crippen molar-refractivity contribution in [3.05, 3.63) is 89.5 Å². The summed E-state index contributed by atoms with van der Waals surface area (Å²) in [6, 6.07) is 19.4. The van der Waals surface area contributed by atoms with E-state index in [-0.39, 0.29) is 11.5 Å². The molecule has 1 amide bonds. The summed E-state index contributed by atoms with van der Waals surface area (Å²) in [5.74, 6) is -0.151. The molecule has 0 saturated carbocycles. The number of benzene rings is 3. The van der Waals surface area contributed by atoms with Gasteiger partial charge in [0.25, 0.3) is 5.91 Å². The monoisotopic (exact) mass is 404 g/mol. The zero-order valence-corrected chi connectivity index (χ0v) is 16.2. The van der Waals surface area contributed by atoms with Crippen LogP contribution in [0.3, 0.4) is 0 Å². The van der Waals surface area contributed by atoms with Crippen molar-refractivity contribution in [1.82, 2.24) is 5.43 Å². The van der Waals surface area contributed by atoms with Crippen molar-refractivity contribution in [2.75, 3.05) is 6.61 Å². The molecule has 7 nitrogen and oxygen atoms in total. The number of carbonyl (C=O) groups excluding carboxylic acids is 2. The van der Waals surface area contributed by atoms with Crippen molar-refractivity contribution in [2.24, 2.45) is 5.10 Å². The van der Waals surface area contributed by atoms with Gasteiger partial charge in [-0.05, 0) is 67.1 Å². The molecule has 3 aromatic carbocycles. The Morgan fingerprint density at radius 3 is 2.40 bits per heavy atom. The third-order valence-corrected chi connectivity index (χ3v) is 3.99. The van der Waals surface area contributed by atoms with Gasteiger partial charge >= 0.3 is 5.97 Å². The highest BCUT2D eigenvalue weighted by Crippen LogP contribution is 2.29. The number of nitrogens with zero attached hydrogens (tertiary/aromatic N) is 1. The molecule has 0 saturated heterocycles.